The number of thiophene rings is 1. The highest BCUT2D eigenvalue weighted by Crippen LogP contribution is 2.36. The third-order valence-corrected chi connectivity index (χ3v) is 8.10. The molecular weight excluding hydrogens is 482 g/mol. The predicted octanol–water partition coefficient (Wildman–Crippen LogP) is 5.66. The van der Waals surface area contributed by atoms with E-state index in [-0.39, 0.29) is 36.0 Å². The first-order valence-electron chi connectivity index (χ1n) is 11.6. The molecule has 8 heteroatoms. The lowest BCUT2D eigenvalue weighted by molar-refractivity contribution is 0.0622. The molecule has 0 radical (unpaired) electrons. The Bertz CT molecular complexity index is 1360. The summed E-state index contributed by atoms with van der Waals surface area (Å²) in [6.45, 7) is 3.28. The molecule has 2 aromatic carbocycles. The number of anilines is 1. The average Bonchev–Trinajstić information content (AvgIpc) is 3.55. The van der Waals surface area contributed by atoms with Gasteiger partial charge in [-0.2, -0.15) is 0 Å². The van der Waals surface area contributed by atoms with Crippen molar-refractivity contribution in [1.29, 1.82) is 0 Å². The number of hydrogen-bond acceptors (Lipinski definition) is 5. The SMILES string of the molecule is Cl.O=C(Nc1cccc(-c2cccc3cc(C(=O)N[C@H]4CN5CCC4CC5)sc23)c1)c1ccco1. The Morgan fingerprint density at radius 2 is 1.80 bits per heavy atom. The van der Waals surface area contributed by atoms with Gasteiger partial charge in [0.05, 0.1) is 11.1 Å². The van der Waals surface area contributed by atoms with Crippen LogP contribution in [0.4, 0.5) is 5.69 Å². The van der Waals surface area contributed by atoms with Crippen LogP contribution < -0.4 is 10.6 Å². The lowest BCUT2D eigenvalue weighted by Gasteiger charge is -2.44. The zero-order valence-corrected chi connectivity index (χ0v) is 20.7. The van der Waals surface area contributed by atoms with Gasteiger partial charge < -0.3 is 20.0 Å². The monoisotopic (exact) mass is 507 g/mol. The van der Waals surface area contributed by atoms with Crippen molar-refractivity contribution in [2.24, 2.45) is 5.92 Å². The first kappa shape index (κ1) is 23.6. The van der Waals surface area contributed by atoms with Crippen LogP contribution in [0, 0.1) is 5.92 Å². The van der Waals surface area contributed by atoms with Gasteiger partial charge >= 0.3 is 0 Å². The summed E-state index contributed by atoms with van der Waals surface area (Å²) in [5, 5.41) is 7.24. The largest absolute Gasteiger partial charge is 0.459 e. The van der Waals surface area contributed by atoms with Crippen molar-refractivity contribution in [1.82, 2.24) is 10.2 Å². The van der Waals surface area contributed by atoms with E-state index in [9.17, 15) is 9.59 Å². The maximum atomic E-state index is 13.1. The minimum absolute atomic E-state index is 0. The number of carbonyl (C=O) groups is 2. The van der Waals surface area contributed by atoms with Crippen LogP contribution in [-0.4, -0.2) is 42.4 Å². The van der Waals surface area contributed by atoms with E-state index < -0.39 is 0 Å². The van der Waals surface area contributed by atoms with Gasteiger partial charge in [0.1, 0.15) is 0 Å². The number of piperidine rings is 3. The van der Waals surface area contributed by atoms with Crippen molar-refractivity contribution in [3.05, 3.63) is 77.6 Å². The van der Waals surface area contributed by atoms with Crippen LogP contribution in [0.3, 0.4) is 0 Å². The molecule has 4 aromatic rings. The third-order valence-electron chi connectivity index (χ3n) is 6.92. The number of fused-ring (bicyclic) bond motifs is 4. The first-order valence-corrected chi connectivity index (χ1v) is 12.5. The van der Waals surface area contributed by atoms with E-state index in [0.717, 1.165) is 45.7 Å². The molecule has 35 heavy (non-hydrogen) atoms. The fourth-order valence-corrected chi connectivity index (χ4v) is 6.23. The Balaban J connectivity index is 0.00000253. The van der Waals surface area contributed by atoms with Gasteiger partial charge in [0, 0.05) is 23.0 Å². The molecule has 0 saturated carbocycles. The number of nitrogens with zero attached hydrogens (tertiary/aromatic N) is 1. The van der Waals surface area contributed by atoms with Crippen LogP contribution in [-0.2, 0) is 0 Å². The van der Waals surface area contributed by atoms with Crippen molar-refractivity contribution in [2.75, 3.05) is 25.0 Å². The summed E-state index contributed by atoms with van der Waals surface area (Å²) in [6.07, 6.45) is 3.83. The molecule has 5 heterocycles. The van der Waals surface area contributed by atoms with Gasteiger partial charge in [0.15, 0.2) is 5.76 Å². The van der Waals surface area contributed by atoms with E-state index in [1.807, 2.05) is 42.5 Å². The van der Waals surface area contributed by atoms with Gasteiger partial charge in [-0.1, -0.05) is 30.3 Å². The van der Waals surface area contributed by atoms with Crippen LogP contribution in [0.15, 0.2) is 71.3 Å². The van der Waals surface area contributed by atoms with E-state index in [1.54, 1.807) is 12.1 Å². The summed E-state index contributed by atoms with van der Waals surface area (Å²) in [4.78, 5) is 28.7. The molecule has 1 atom stereocenters. The first-order chi connectivity index (χ1) is 16.6. The molecule has 2 aromatic heterocycles. The Labute approximate surface area is 213 Å². The zero-order valence-electron chi connectivity index (χ0n) is 19.0. The Kier molecular flexibility index (Phi) is 6.65. The highest BCUT2D eigenvalue weighted by atomic mass is 35.5. The minimum Gasteiger partial charge on any atom is -0.459 e. The van der Waals surface area contributed by atoms with Gasteiger partial charge in [-0.05, 0) is 78.7 Å². The molecule has 6 nitrogen and oxygen atoms in total. The van der Waals surface area contributed by atoms with Crippen molar-refractivity contribution < 1.29 is 14.0 Å². The van der Waals surface area contributed by atoms with Crippen LogP contribution in [0.1, 0.15) is 33.1 Å². The van der Waals surface area contributed by atoms with Gasteiger partial charge in [-0.25, -0.2) is 0 Å². The topological polar surface area (TPSA) is 74.6 Å². The van der Waals surface area contributed by atoms with Gasteiger partial charge in [-0.3, -0.25) is 9.59 Å². The second-order valence-corrected chi connectivity index (χ2v) is 10.1. The number of amides is 2. The molecule has 2 bridgehead atoms. The summed E-state index contributed by atoms with van der Waals surface area (Å²) in [5.74, 6) is 0.593. The van der Waals surface area contributed by atoms with Gasteiger partial charge in [0.25, 0.3) is 11.8 Å². The number of carbonyl (C=O) groups excluding carboxylic acids is 2. The molecule has 2 amide bonds. The number of benzene rings is 2. The molecule has 3 fully saturated rings. The molecular formula is C27H26ClN3O3S. The standard InChI is InChI=1S/C27H25N3O3S.ClH/c31-26(23-8-3-13-33-23)28-20-6-1-4-18(14-20)21-7-2-5-19-15-24(34-25(19)21)27(32)29-22-16-30-11-9-17(22)10-12-30;/h1-8,13-15,17,22H,9-12,16H2,(H,28,31)(H,29,32);1H/t22-;/m0./s1. The molecule has 180 valence electrons. The summed E-state index contributed by atoms with van der Waals surface area (Å²) in [6, 6.07) is 19.4. The summed E-state index contributed by atoms with van der Waals surface area (Å²) >= 11 is 1.53. The number of hydrogen-bond donors (Lipinski definition) is 2. The van der Waals surface area contributed by atoms with E-state index in [0.29, 0.717) is 11.6 Å². The lowest BCUT2D eigenvalue weighted by atomic mass is 9.84. The van der Waals surface area contributed by atoms with Gasteiger partial charge in [-0.15, -0.1) is 23.7 Å². The summed E-state index contributed by atoms with van der Waals surface area (Å²) in [7, 11) is 0. The van der Waals surface area contributed by atoms with Crippen molar-refractivity contribution in [3.63, 3.8) is 0 Å². The minimum atomic E-state index is -0.289. The fraction of sp³-hybridized carbons (Fsp3) is 0.259. The molecule has 3 aliphatic heterocycles. The second-order valence-electron chi connectivity index (χ2n) is 9.06. The Morgan fingerprint density at radius 1 is 0.971 bits per heavy atom. The second kappa shape index (κ2) is 9.85. The fourth-order valence-electron chi connectivity index (χ4n) is 5.14. The van der Waals surface area contributed by atoms with E-state index in [1.165, 1.54) is 30.4 Å². The van der Waals surface area contributed by atoms with Crippen molar-refractivity contribution in [2.45, 2.75) is 18.9 Å². The molecule has 2 N–H and O–H groups in total. The van der Waals surface area contributed by atoms with Crippen LogP contribution >= 0.6 is 23.7 Å². The molecule has 3 saturated heterocycles. The molecule has 7 rings (SSSR count). The normalized spacial score (nSPS) is 20.9. The number of halogens is 1. The predicted molar refractivity (Wildman–Crippen MR) is 142 cm³/mol. The quantitative estimate of drug-likeness (QED) is 0.365. The lowest BCUT2D eigenvalue weighted by Crippen LogP contribution is -2.57. The van der Waals surface area contributed by atoms with E-state index in [2.05, 4.69) is 21.6 Å². The molecule has 0 spiro atoms. The third kappa shape index (κ3) is 4.72. The highest BCUT2D eigenvalue weighted by molar-refractivity contribution is 7.21. The maximum absolute atomic E-state index is 13.1. The maximum Gasteiger partial charge on any atom is 0.291 e. The smallest absolute Gasteiger partial charge is 0.291 e. The van der Waals surface area contributed by atoms with Gasteiger partial charge in [0.2, 0.25) is 0 Å². The highest BCUT2D eigenvalue weighted by Gasteiger charge is 2.35. The van der Waals surface area contributed by atoms with E-state index in [4.69, 9.17) is 4.42 Å². The molecule has 3 aliphatic rings. The number of furan rings is 1. The average molecular weight is 508 g/mol. The number of rotatable bonds is 5. The van der Waals surface area contributed by atoms with Crippen LogP contribution in [0.2, 0.25) is 0 Å². The van der Waals surface area contributed by atoms with Crippen LogP contribution in [0.5, 0.6) is 0 Å². The van der Waals surface area contributed by atoms with Crippen molar-refractivity contribution >= 4 is 51.3 Å². The molecule has 0 unspecified atom stereocenters. The summed E-state index contributed by atoms with van der Waals surface area (Å²) < 4.78 is 6.25. The summed E-state index contributed by atoms with van der Waals surface area (Å²) in [5.41, 5.74) is 2.71. The van der Waals surface area contributed by atoms with Crippen molar-refractivity contribution in [3.8, 4) is 11.1 Å². The van der Waals surface area contributed by atoms with Crippen LogP contribution in [0.25, 0.3) is 21.2 Å². The Hall–Kier alpha value is -3.13. The van der Waals surface area contributed by atoms with E-state index >= 15 is 0 Å². The zero-order chi connectivity index (χ0) is 23.1. The molecule has 0 aliphatic carbocycles. The number of nitrogens with one attached hydrogen (secondary N) is 2. The Morgan fingerprint density at radius 3 is 2.54 bits per heavy atom.